The molecule has 0 spiro atoms. The van der Waals surface area contributed by atoms with E-state index >= 15 is 0 Å². The van der Waals surface area contributed by atoms with Crippen molar-refractivity contribution in [3.8, 4) is 0 Å². The fourth-order valence-corrected chi connectivity index (χ4v) is 2.66. The maximum Gasteiger partial charge on any atom is 0.0776 e. The molecule has 2 heteroatoms. The topological polar surface area (TPSA) is 0 Å². The highest BCUT2D eigenvalue weighted by molar-refractivity contribution is 6.88. The van der Waals surface area contributed by atoms with E-state index in [0.717, 1.165) is 0 Å². The zero-order valence-electron chi connectivity index (χ0n) is 9.69. The Labute approximate surface area is 93.3 Å². The summed E-state index contributed by atoms with van der Waals surface area (Å²) >= 11 is 6.30. The average Bonchev–Trinajstić information content (AvgIpc) is 2.01. The molecule has 1 aromatic carbocycles. The van der Waals surface area contributed by atoms with Crippen molar-refractivity contribution in [3.63, 3.8) is 0 Å². The molecule has 0 N–H and O–H groups in total. The van der Waals surface area contributed by atoms with E-state index in [-0.39, 0.29) is 4.87 Å². The molecule has 1 rings (SSSR count). The van der Waals surface area contributed by atoms with Crippen LogP contribution in [0.3, 0.4) is 0 Å². The Hall–Kier alpha value is -0.273. The molecule has 1 aromatic rings. The summed E-state index contributed by atoms with van der Waals surface area (Å²) in [4.78, 5) is -0.254. The molecule has 14 heavy (non-hydrogen) atoms. The third-order valence-corrected chi connectivity index (χ3v) is 4.68. The van der Waals surface area contributed by atoms with Crippen LogP contribution in [0.5, 0.6) is 0 Å². The SMILES string of the molecule is CC(C)(Cl)c1cccc([Si](C)(C)C)c1. The van der Waals surface area contributed by atoms with Crippen LogP contribution in [-0.2, 0) is 4.87 Å². The molecule has 0 heterocycles. The molecule has 0 radical (unpaired) electrons. The molecule has 0 saturated heterocycles. The largest absolute Gasteiger partial charge is 0.115 e. The minimum Gasteiger partial charge on any atom is -0.115 e. The standard InChI is InChI=1S/C12H19ClSi/c1-12(2,13)10-7-6-8-11(9-10)14(3,4)5/h6-9H,1-5H3. The lowest BCUT2D eigenvalue weighted by molar-refractivity contribution is 0.767. The van der Waals surface area contributed by atoms with Gasteiger partial charge < -0.3 is 0 Å². The van der Waals surface area contributed by atoms with E-state index in [1.54, 1.807) is 0 Å². The summed E-state index contributed by atoms with van der Waals surface area (Å²) in [5.41, 5.74) is 1.22. The van der Waals surface area contributed by atoms with Crippen LogP contribution < -0.4 is 5.19 Å². The fraction of sp³-hybridized carbons (Fsp3) is 0.500. The average molecular weight is 227 g/mol. The fourth-order valence-electron chi connectivity index (χ4n) is 1.36. The molecule has 78 valence electrons. The normalized spacial score (nSPS) is 13.0. The molecular weight excluding hydrogens is 208 g/mol. The zero-order chi connectivity index (χ0) is 11.0. The van der Waals surface area contributed by atoms with Gasteiger partial charge in [0.1, 0.15) is 0 Å². The highest BCUT2D eigenvalue weighted by Crippen LogP contribution is 2.26. The van der Waals surface area contributed by atoms with Gasteiger partial charge in [0.25, 0.3) is 0 Å². The van der Waals surface area contributed by atoms with Crippen LogP contribution in [0.25, 0.3) is 0 Å². The Morgan fingerprint density at radius 2 is 1.71 bits per heavy atom. The lowest BCUT2D eigenvalue weighted by atomic mass is 10.0. The van der Waals surface area contributed by atoms with E-state index in [4.69, 9.17) is 11.6 Å². The number of halogens is 1. The van der Waals surface area contributed by atoms with Crippen molar-refractivity contribution in [1.82, 2.24) is 0 Å². The highest BCUT2D eigenvalue weighted by atomic mass is 35.5. The van der Waals surface area contributed by atoms with Crippen LogP contribution in [0.15, 0.2) is 24.3 Å². The first-order chi connectivity index (χ1) is 6.21. The molecule has 0 aliphatic rings. The van der Waals surface area contributed by atoms with Crippen molar-refractivity contribution in [2.45, 2.75) is 38.4 Å². The minimum atomic E-state index is -1.20. The second kappa shape index (κ2) is 3.71. The van der Waals surface area contributed by atoms with E-state index in [0.29, 0.717) is 0 Å². The van der Waals surface area contributed by atoms with E-state index in [1.807, 2.05) is 13.8 Å². The third-order valence-electron chi connectivity index (χ3n) is 2.42. The Morgan fingerprint density at radius 1 is 1.14 bits per heavy atom. The van der Waals surface area contributed by atoms with Gasteiger partial charge in [-0.15, -0.1) is 11.6 Å². The quantitative estimate of drug-likeness (QED) is 0.533. The molecule has 0 bridgehead atoms. The van der Waals surface area contributed by atoms with Crippen molar-refractivity contribution in [3.05, 3.63) is 29.8 Å². The third kappa shape index (κ3) is 2.86. The van der Waals surface area contributed by atoms with Gasteiger partial charge in [0.2, 0.25) is 0 Å². The van der Waals surface area contributed by atoms with Crippen molar-refractivity contribution in [2.75, 3.05) is 0 Å². The molecule has 0 saturated carbocycles. The van der Waals surface area contributed by atoms with Gasteiger partial charge in [0.05, 0.1) is 12.9 Å². The van der Waals surface area contributed by atoms with E-state index in [9.17, 15) is 0 Å². The second-order valence-corrected chi connectivity index (χ2v) is 11.3. The summed E-state index contributed by atoms with van der Waals surface area (Å²) in [5.74, 6) is 0. The van der Waals surface area contributed by atoms with Gasteiger partial charge in [-0.3, -0.25) is 0 Å². The second-order valence-electron chi connectivity index (χ2n) is 5.30. The summed E-state index contributed by atoms with van der Waals surface area (Å²) in [6.45, 7) is 11.1. The smallest absolute Gasteiger partial charge is 0.0776 e. The molecular formula is C12H19ClSi. The van der Waals surface area contributed by atoms with Gasteiger partial charge in [0.15, 0.2) is 0 Å². The number of benzene rings is 1. The lowest BCUT2D eigenvalue weighted by Crippen LogP contribution is -2.38. The Balaban J connectivity index is 3.15. The minimum absolute atomic E-state index is 0.254. The van der Waals surface area contributed by atoms with Crippen molar-refractivity contribution in [1.29, 1.82) is 0 Å². The zero-order valence-corrected chi connectivity index (χ0v) is 11.4. The Kier molecular flexibility index (Phi) is 3.12. The summed E-state index contributed by atoms with van der Waals surface area (Å²) in [6, 6.07) is 8.71. The predicted octanol–water partition coefficient (Wildman–Crippen LogP) is 3.71. The number of alkyl halides is 1. The maximum absolute atomic E-state index is 6.30. The van der Waals surface area contributed by atoms with Crippen molar-refractivity contribution in [2.24, 2.45) is 0 Å². The van der Waals surface area contributed by atoms with Gasteiger partial charge >= 0.3 is 0 Å². The van der Waals surface area contributed by atoms with E-state index in [2.05, 4.69) is 43.9 Å². The first kappa shape index (κ1) is 11.8. The molecule has 0 fully saturated rings. The maximum atomic E-state index is 6.30. The van der Waals surface area contributed by atoms with Crippen molar-refractivity contribution >= 4 is 24.9 Å². The van der Waals surface area contributed by atoms with E-state index < -0.39 is 8.07 Å². The summed E-state index contributed by atoms with van der Waals surface area (Å²) in [5, 5.41) is 1.48. The highest BCUT2D eigenvalue weighted by Gasteiger charge is 2.21. The van der Waals surface area contributed by atoms with Crippen LogP contribution in [0.1, 0.15) is 19.4 Å². The van der Waals surface area contributed by atoms with Gasteiger partial charge in [-0.05, 0) is 19.4 Å². The van der Waals surface area contributed by atoms with Gasteiger partial charge in [-0.2, -0.15) is 0 Å². The van der Waals surface area contributed by atoms with Gasteiger partial charge in [-0.25, -0.2) is 0 Å². The Bertz CT molecular complexity index is 289. The first-order valence-electron chi connectivity index (χ1n) is 5.01. The molecule has 0 atom stereocenters. The Morgan fingerprint density at radius 3 is 2.14 bits per heavy atom. The lowest BCUT2D eigenvalue weighted by Gasteiger charge is -2.21. The van der Waals surface area contributed by atoms with Gasteiger partial charge in [-0.1, -0.05) is 49.1 Å². The van der Waals surface area contributed by atoms with Gasteiger partial charge in [0, 0.05) is 0 Å². The van der Waals surface area contributed by atoms with Crippen LogP contribution in [0.2, 0.25) is 19.6 Å². The number of rotatable bonds is 2. The van der Waals surface area contributed by atoms with Crippen molar-refractivity contribution < 1.29 is 0 Å². The summed E-state index contributed by atoms with van der Waals surface area (Å²) < 4.78 is 0. The molecule has 0 nitrogen and oxygen atoms in total. The van der Waals surface area contributed by atoms with Crippen LogP contribution in [0.4, 0.5) is 0 Å². The number of hydrogen-bond acceptors (Lipinski definition) is 0. The first-order valence-corrected chi connectivity index (χ1v) is 8.89. The summed E-state index contributed by atoms with van der Waals surface area (Å²) in [7, 11) is -1.20. The van der Waals surface area contributed by atoms with Crippen LogP contribution >= 0.6 is 11.6 Å². The summed E-state index contributed by atoms with van der Waals surface area (Å²) in [6.07, 6.45) is 0. The molecule has 0 aromatic heterocycles. The molecule has 0 aliphatic carbocycles. The molecule has 0 amide bonds. The van der Waals surface area contributed by atoms with E-state index in [1.165, 1.54) is 10.8 Å². The molecule has 0 unspecified atom stereocenters. The van der Waals surface area contributed by atoms with Crippen LogP contribution in [0, 0.1) is 0 Å². The molecule has 0 aliphatic heterocycles. The number of hydrogen-bond donors (Lipinski definition) is 0. The predicted molar refractivity (Wildman–Crippen MR) is 68.3 cm³/mol. The van der Waals surface area contributed by atoms with Crippen LogP contribution in [-0.4, -0.2) is 8.07 Å². The monoisotopic (exact) mass is 226 g/mol.